The predicted octanol–water partition coefficient (Wildman–Crippen LogP) is 8.25. The summed E-state index contributed by atoms with van der Waals surface area (Å²) in [6, 6.07) is 18.9. The summed E-state index contributed by atoms with van der Waals surface area (Å²) >= 11 is 0. The summed E-state index contributed by atoms with van der Waals surface area (Å²) in [5.74, 6) is -3.01. The van der Waals surface area contributed by atoms with E-state index in [0.29, 0.717) is 22.5 Å². The Bertz CT molecular complexity index is 1430. The molecular weight excluding hydrogens is 707 g/mol. The van der Waals surface area contributed by atoms with Crippen LogP contribution < -0.4 is 0 Å². The van der Waals surface area contributed by atoms with E-state index < -0.39 is 44.9 Å². The van der Waals surface area contributed by atoms with E-state index in [9.17, 15) is 0 Å². The van der Waals surface area contributed by atoms with Crippen molar-refractivity contribution in [3.63, 3.8) is 0 Å². The summed E-state index contributed by atoms with van der Waals surface area (Å²) in [7, 11) is 0. The maximum Gasteiger partial charge on any atom is 2.00 e. The molecule has 0 amide bonds. The fourth-order valence-corrected chi connectivity index (χ4v) is 5.59. The summed E-state index contributed by atoms with van der Waals surface area (Å²) in [5, 5.41) is 0. The molecule has 2 nitrogen and oxygen atoms in total. The molecule has 2 aromatic heterocycles. The maximum absolute atomic E-state index is 15.5. The van der Waals surface area contributed by atoms with Crippen LogP contribution in [-0.4, -0.2) is 9.97 Å². The van der Waals surface area contributed by atoms with Crippen LogP contribution >= 0.6 is 0 Å². The van der Waals surface area contributed by atoms with Gasteiger partial charge in [-0.25, -0.2) is 13.8 Å². The molecule has 2 aromatic carbocycles. The summed E-state index contributed by atoms with van der Waals surface area (Å²) in [6.07, 6.45) is 0. The van der Waals surface area contributed by atoms with Crippen LogP contribution in [0, 0.1) is 35.4 Å². The van der Waals surface area contributed by atoms with Crippen LogP contribution in [0.2, 0.25) is 0 Å². The van der Waals surface area contributed by atoms with Gasteiger partial charge in [0.25, 0.3) is 0 Å². The first-order valence-corrected chi connectivity index (χ1v) is 13.3. The molecule has 216 valence electrons. The van der Waals surface area contributed by atoms with Crippen molar-refractivity contribution in [3.8, 4) is 0 Å². The summed E-state index contributed by atoms with van der Waals surface area (Å²) in [4.78, 5) is 9.45. The number of halogens is 4. The minimum Gasteiger partial charge on any atom is -0.284 e. The number of fused-ring (bicyclic) bond motifs is 8. The van der Waals surface area contributed by atoms with E-state index in [1.165, 1.54) is 0 Å². The molecular formula is C34H32F4N2Pt. The number of pyridine rings is 2. The van der Waals surface area contributed by atoms with Crippen molar-refractivity contribution in [3.05, 3.63) is 129 Å². The third kappa shape index (κ3) is 4.86. The molecule has 5 rings (SSSR count). The Morgan fingerprint density at radius 3 is 1.54 bits per heavy atom. The zero-order valence-electron chi connectivity index (χ0n) is 24.3. The first-order chi connectivity index (χ1) is 18.5. The Balaban J connectivity index is 0.00000387. The molecule has 4 aromatic rings. The molecule has 0 spiro atoms. The van der Waals surface area contributed by atoms with Crippen LogP contribution in [-0.2, 0) is 42.7 Å². The van der Waals surface area contributed by atoms with Gasteiger partial charge in [-0.05, 0) is 31.4 Å². The molecule has 41 heavy (non-hydrogen) atoms. The van der Waals surface area contributed by atoms with Crippen LogP contribution in [0.4, 0.5) is 17.6 Å². The molecule has 0 saturated heterocycles. The van der Waals surface area contributed by atoms with Gasteiger partial charge in [0.1, 0.15) is 11.6 Å². The minimum absolute atomic E-state index is 0. The fourth-order valence-electron chi connectivity index (χ4n) is 5.59. The molecule has 0 unspecified atom stereocenters. The Labute approximate surface area is 253 Å². The van der Waals surface area contributed by atoms with Crippen LogP contribution in [0.5, 0.6) is 0 Å². The molecule has 1 aliphatic heterocycles. The molecule has 0 aliphatic carbocycles. The number of nitrogens with zero attached hydrogens (tertiary/aromatic N) is 2. The Kier molecular flexibility index (Phi) is 7.70. The Hall–Kier alpha value is -2.85. The monoisotopic (exact) mass is 739 g/mol. The van der Waals surface area contributed by atoms with E-state index in [2.05, 4.69) is 17.1 Å². The van der Waals surface area contributed by atoms with E-state index >= 15 is 17.6 Å². The van der Waals surface area contributed by atoms with Gasteiger partial charge in [0.05, 0.1) is 22.5 Å². The van der Waals surface area contributed by atoms with Gasteiger partial charge in [-0.15, -0.1) is 17.2 Å². The van der Waals surface area contributed by atoms with E-state index in [0.717, 1.165) is 12.1 Å². The molecule has 0 radical (unpaired) electrons. The number of hydrogen-bond donors (Lipinski definition) is 0. The van der Waals surface area contributed by atoms with Crippen LogP contribution in [0.25, 0.3) is 0 Å². The largest absolute Gasteiger partial charge is 2.00 e. The van der Waals surface area contributed by atoms with Gasteiger partial charge < -0.3 is 0 Å². The summed E-state index contributed by atoms with van der Waals surface area (Å²) in [5.41, 5.74) is -1.49. The molecule has 0 N–H and O–H groups in total. The fraction of sp³-hybridized carbons (Fsp3) is 0.353. The number of hydrogen-bond acceptors (Lipinski definition) is 2. The van der Waals surface area contributed by atoms with Crippen molar-refractivity contribution in [2.24, 2.45) is 0 Å². The Morgan fingerprint density at radius 1 is 0.512 bits per heavy atom. The van der Waals surface area contributed by atoms with Gasteiger partial charge in [-0.2, -0.15) is 41.5 Å². The zero-order valence-corrected chi connectivity index (χ0v) is 26.6. The first-order valence-electron chi connectivity index (χ1n) is 13.3. The molecule has 0 fully saturated rings. The number of rotatable bonds is 0. The van der Waals surface area contributed by atoms with E-state index in [1.54, 1.807) is 77.9 Å². The van der Waals surface area contributed by atoms with Gasteiger partial charge in [0.15, 0.2) is 0 Å². The average molecular weight is 740 g/mol. The number of aromatic nitrogens is 2. The van der Waals surface area contributed by atoms with Crippen molar-refractivity contribution in [1.29, 1.82) is 0 Å². The quantitative estimate of drug-likeness (QED) is 0.134. The Morgan fingerprint density at radius 2 is 0.951 bits per heavy atom. The van der Waals surface area contributed by atoms with Crippen molar-refractivity contribution >= 4 is 0 Å². The third-order valence-electron chi connectivity index (χ3n) is 8.52. The van der Waals surface area contributed by atoms with Gasteiger partial charge in [0, 0.05) is 34.2 Å². The standard InChI is InChI=1S/C34H32F4N2.Pt/c1-31(2)19-11-9-12-20(15-19)32(3,4)29-25(37)18-26(38)30(40-29)34(7,8)28-14-10-13-27(39-28)33(5,6)22-16-21(31)23(35)17-24(22)36;/h9-14,17-18H,1-8H3;/q-2;+2. The maximum atomic E-state index is 15.5. The molecule has 0 atom stereocenters. The minimum atomic E-state index is -1.07. The number of benzene rings is 2. The molecule has 7 heteroatoms. The van der Waals surface area contributed by atoms with Crippen LogP contribution in [0.1, 0.15) is 100 Å². The summed E-state index contributed by atoms with van der Waals surface area (Å²) < 4.78 is 61.8. The third-order valence-corrected chi connectivity index (χ3v) is 8.52. The molecule has 0 saturated carbocycles. The van der Waals surface area contributed by atoms with Gasteiger partial charge in [0.2, 0.25) is 0 Å². The average Bonchev–Trinajstić information content (AvgIpc) is 2.87. The van der Waals surface area contributed by atoms with Crippen LogP contribution in [0.15, 0.2) is 48.5 Å². The SMILES string of the molecule is CC1(C)c2[c-]c(ccc2)C(C)(C)c2nc(c(F)cc2F)C(C)(C)c2cccc(n2)C(C)(C)c2[c-]c1c(F)cc2F.[Pt+2]. The second-order valence-electron chi connectivity index (χ2n) is 12.8. The second-order valence-corrected chi connectivity index (χ2v) is 12.8. The molecule has 1 aliphatic rings. The van der Waals surface area contributed by atoms with Gasteiger partial charge >= 0.3 is 21.1 Å². The van der Waals surface area contributed by atoms with E-state index in [1.807, 2.05) is 13.8 Å². The van der Waals surface area contributed by atoms with Crippen LogP contribution in [0.3, 0.4) is 0 Å². The molecule has 3 heterocycles. The van der Waals surface area contributed by atoms with E-state index in [-0.39, 0.29) is 43.6 Å². The van der Waals surface area contributed by atoms with Crippen molar-refractivity contribution in [2.45, 2.75) is 77.0 Å². The van der Waals surface area contributed by atoms with Gasteiger partial charge in [-0.1, -0.05) is 47.6 Å². The van der Waals surface area contributed by atoms with Crippen molar-refractivity contribution < 1.29 is 38.6 Å². The zero-order chi connectivity index (χ0) is 29.4. The first kappa shape index (κ1) is 31.1. The summed E-state index contributed by atoms with van der Waals surface area (Å²) in [6.45, 7) is 14.4. The second kappa shape index (κ2) is 10.2. The normalized spacial score (nSPS) is 17.9. The van der Waals surface area contributed by atoms with Crippen molar-refractivity contribution in [2.75, 3.05) is 0 Å². The topological polar surface area (TPSA) is 25.8 Å². The van der Waals surface area contributed by atoms with E-state index in [4.69, 9.17) is 4.98 Å². The van der Waals surface area contributed by atoms with Gasteiger partial charge in [-0.3, -0.25) is 13.8 Å². The smallest absolute Gasteiger partial charge is 0.284 e. The van der Waals surface area contributed by atoms with Crippen molar-refractivity contribution in [1.82, 2.24) is 9.97 Å². The molecule has 8 bridgehead atoms. The predicted molar refractivity (Wildman–Crippen MR) is 147 cm³/mol.